The van der Waals surface area contributed by atoms with E-state index in [1.165, 1.54) is 36.4 Å². The average molecular weight is 651 g/mol. The Hall–Kier alpha value is -6.32. The van der Waals surface area contributed by atoms with Gasteiger partial charge in [-0.1, -0.05) is 24.3 Å². The lowest BCUT2D eigenvalue weighted by atomic mass is 10.0. The first-order valence-corrected chi connectivity index (χ1v) is 15.1. The highest BCUT2D eigenvalue weighted by Crippen LogP contribution is 2.41. The number of ketones is 1. The molecule has 0 aromatic heterocycles. The van der Waals surface area contributed by atoms with Crippen LogP contribution in [0.15, 0.2) is 133 Å². The minimum Gasteiger partial charge on any atom is -0.478 e. The highest BCUT2D eigenvalue weighted by atomic mass is 32.2. The van der Waals surface area contributed by atoms with Gasteiger partial charge >= 0.3 is 5.97 Å². The molecule has 15 heteroatoms. The largest absolute Gasteiger partial charge is 0.478 e. The van der Waals surface area contributed by atoms with E-state index in [1.54, 1.807) is 37.3 Å². The fourth-order valence-electron chi connectivity index (χ4n) is 4.25. The van der Waals surface area contributed by atoms with Gasteiger partial charge in [0.05, 0.1) is 39.0 Å². The lowest BCUT2D eigenvalue weighted by molar-refractivity contribution is -0.134. The second-order valence-electron chi connectivity index (χ2n) is 10.1. The number of rotatable bonds is 9. The van der Waals surface area contributed by atoms with Crippen molar-refractivity contribution in [1.29, 1.82) is 0 Å². The van der Waals surface area contributed by atoms with Gasteiger partial charge in [0, 0.05) is 0 Å². The Labute approximate surface area is 268 Å². The van der Waals surface area contributed by atoms with E-state index in [2.05, 4.69) is 31.0 Å². The van der Waals surface area contributed by atoms with Gasteiger partial charge in [-0.05, 0) is 96.4 Å². The molecule has 5 rings (SSSR count). The molecular formula is C32H26N8O6S. The number of carboxylic acid groups (broad SMARTS) is 1. The molecule has 0 spiro atoms. The number of nitrogens with two attached hydrogens (primary N) is 2. The van der Waals surface area contributed by atoms with E-state index in [-0.39, 0.29) is 27.5 Å². The van der Waals surface area contributed by atoms with Gasteiger partial charge in [-0.15, -0.1) is 10.2 Å². The van der Waals surface area contributed by atoms with Crippen molar-refractivity contribution in [2.45, 2.75) is 11.8 Å². The number of nitrogens with zero attached hydrogens (tertiary/aromatic N) is 5. The molecule has 0 radical (unpaired) electrons. The third-order valence-corrected chi connectivity index (χ3v) is 7.70. The van der Waals surface area contributed by atoms with E-state index >= 15 is 0 Å². The lowest BCUT2D eigenvalue weighted by Crippen LogP contribution is -2.15. The molecule has 47 heavy (non-hydrogen) atoms. The van der Waals surface area contributed by atoms with Crippen LogP contribution in [0.25, 0.3) is 11.1 Å². The Morgan fingerprint density at radius 2 is 1.36 bits per heavy atom. The molecule has 0 saturated carbocycles. The van der Waals surface area contributed by atoms with Crippen molar-refractivity contribution < 1.29 is 27.7 Å². The van der Waals surface area contributed by atoms with Gasteiger partial charge in [-0.2, -0.15) is 23.7 Å². The van der Waals surface area contributed by atoms with Crippen LogP contribution in [0.4, 0.5) is 39.8 Å². The number of carbonyl (C=O) groups is 2. The second kappa shape index (κ2) is 13.4. The fraction of sp³-hybridized carbons (Fsp3) is 0.0312. The van der Waals surface area contributed by atoms with Gasteiger partial charge in [-0.25, -0.2) is 4.79 Å². The molecule has 0 unspecified atom stereocenters. The SMILES string of the molecule is Cc1cc(N=Nc2ccc(S(=O)(=O)O)cc2)c(N)c(N=Nc2ccc(-c3ccc(N/N=C4\C=CC(=O)C(C(=O)O)=C4)cc3)cc2)c1N. The number of hydrazone groups is 1. The summed E-state index contributed by atoms with van der Waals surface area (Å²) in [6.07, 6.45) is 3.80. The van der Waals surface area contributed by atoms with E-state index in [4.69, 9.17) is 21.1 Å². The highest BCUT2D eigenvalue weighted by molar-refractivity contribution is 7.85. The number of benzene rings is 4. The van der Waals surface area contributed by atoms with Gasteiger partial charge in [-0.3, -0.25) is 14.8 Å². The predicted octanol–water partition coefficient (Wildman–Crippen LogP) is 6.82. The summed E-state index contributed by atoms with van der Waals surface area (Å²) in [5.41, 5.74) is 20.3. The molecule has 1 aliphatic rings. The summed E-state index contributed by atoms with van der Waals surface area (Å²) in [6.45, 7) is 1.76. The topological polar surface area (TPSA) is 235 Å². The average Bonchev–Trinajstić information content (AvgIpc) is 3.05. The minimum absolute atomic E-state index is 0.150. The molecule has 7 N–H and O–H groups in total. The Bertz CT molecular complexity index is 2140. The van der Waals surface area contributed by atoms with Crippen LogP contribution >= 0.6 is 0 Å². The maximum Gasteiger partial charge on any atom is 0.339 e. The first-order valence-electron chi connectivity index (χ1n) is 13.7. The summed E-state index contributed by atoms with van der Waals surface area (Å²) in [6, 6.07) is 21.5. The van der Waals surface area contributed by atoms with Gasteiger partial charge in [0.25, 0.3) is 10.1 Å². The zero-order valence-electron chi connectivity index (χ0n) is 24.6. The summed E-state index contributed by atoms with van der Waals surface area (Å²) < 4.78 is 31.6. The van der Waals surface area contributed by atoms with Crippen LogP contribution < -0.4 is 16.9 Å². The molecule has 14 nitrogen and oxygen atoms in total. The number of aryl methyl sites for hydroxylation is 1. The summed E-state index contributed by atoms with van der Waals surface area (Å²) in [5, 5.41) is 30.1. The quantitative estimate of drug-likeness (QED) is 0.0318. The zero-order chi connectivity index (χ0) is 33.7. The Morgan fingerprint density at radius 1 is 0.787 bits per heavy atom. The third-order valence-electron chi connectivity index (χ3n) is 6.83. The molecule has 0 fully saturated rings. The van der Waals surface area contributed by atoms with Crippen molar-refractivity contribution in [3.63, 3.8) is 0 Å². The number of allylic oxidation sites excluding steroid dienone is 3. The third kappa shape index (κ3) is 7.67. The highest BCUT2D eigenvalue weighted by Gasteiger charge is 2.19. The van der Waals surface area contributed by atoms with Crippen LogP contribution in [0.3, 0.4) is 0 Å². The van der Waals surface area contributed by atoms with E-state index in [0.717, 1.165) is 17.2 Å². The molecule has 0 amide bonds. The first kappa shape index (κ1) is 32.1. The Kier molecular flexibility index (Phi) is 9.11. The Morgan fingerprint density at radius 3 is 1.96 bits per heavy atom. The lowest BCUT2D eigenvalue weighted by Gasteiger charge is -2.09. The number of azo groups is 2. The van der Waals surface area contributed by atoms with Crippen molar-refractivity contribution in [3.8, 4) is 11.1 Å². The van der Waals surface area contributed by atoms with Crippen LogP contribution in [-0.2, 0) is 19.7 Å². The standard InChI is InChI=1S/C32H26N8O6S/c1-18-16-27(39-36-23-10-13-25(14-11-23)47(44,45)46)30(34)31(29(18)33)40-37-22-8-4-20(5-9-22)19-2-6-21(7-3-19)35-38-24-12-15-28(41)26(17-24)32(42)43/h2-17,35H,33-34H2,1H3,(H,42,43)(H,44,45,46)/b38-24+,39-36?,40-37?. The number of carboxylic acids is 1. The fourth-order valence-corrected chi connectivity index (χ4v) is 4.73. The molecular weight excluding hydrogens is 624 g/mol. The second-order valence-corrected chi connectivity index (χ2v) is 11.5. The van der Waals surface area contributed by atoms with Crippen molar-refractivity contribution in [2.24, 2.45) is 25.6 Å². The maximum atomic E-state index is 11.6. The number of aliphatic carboxylic acids is 1. The molecule has 0 atom stereocenters. The molecule has 0 aliphatic heterocycles. The minimum atomic E-state index is -4.33. The number of anilines is 3. The maximum absolute atomic E-state index is 11.6. The van der Waals surface area contributed by atoms with Gasteiger partial charge in [0.15, 0.2) is 5.78 Å². The van der Waals surface area contributed by atoms with Gasteiger partial charge in [0.2, 0.25) is 0 Å². The normalized spacial score (nSPS) is 14.2. The van der Waals surface area contributed by atoms with E-state index in [1.807, 2.05) is 24.3 Å². The molecule has 1 aliphatic carbocycles. The van der Waals surface area contributed by atoms with E-state index in [9.17, 15) is 18.0 Å². The van der Waals surface area contributed by atoms with Crippen LogP contribution in [0.1, 0.15) is 5.56 Å². The number of nitrogens with one attached hydrogen (secondary N) is 1. The summed E-state index contributed by atoms with van der Waals surface area (Å²) in [7, 11) is -4.33. The van der Waals surface area contributed by atoms with E-state index in [0.29, 0.717) is 34.0 Å². The monoisotopic (exact) mass is 650 g/mol. The summed E-state index contributed by atoms with van der Waals surface area (Å²) in [5.74, 6) is -1.90. The van der Waals surface area contributed by atoms with Crippen molar-refractivity contribution in [2.75, 3.05) is 16.9 Å². The van der Waals surface area contributed by atoms with Crippen LogP contribution in [0.5, 0.6) is 0 Å². The van der Waals surface area contributed by atoms with Gasteiger partial charge in [0.1, 0.15) is 16.9 Å². The zero-order valence-corrected chi connectivity index (χ0v) is 25.4. The predicted molar refractivity (Wildman–Crippen MR) is 177 cm³/mol. The van der Waals surface area contributed by atoms with Crippen molar-refractivity contribution in [3.05, 3.63) is 108 Å². The van der Waals surface area contributed by atoms with Gasteiger partial charge < -0.3 is 16.6 Å². The smallest absolute Gasteiger partial charge is 0.339 e. The van der Waals surface area contributed by atoms with E-state index < -0.39 is 21.9 Å². The van der Waals surface area contributed by atoms with Crippen molar-refractivity contribution in [1.82, 2.24) is 0 Å². The van der Waals surface area contributed by atoms with Crippen LogP contribution in [0, 0.1) is 6.92 Å². The molecule has 236 valence electrons. The molecule has 0 saturated heterocycles. The van der Waals surface area contributed by atoms with Crippen LogP contribution in [-0.4, -0.2) is 35.5 Å². The van der Waals surface area contributed by atoms with Crippen LogP contribution in [0.2, 0.25) is 0 Å². The van der Waals surface area contributed by atoms with Crippen molar-refractivity contribution >= 4 is 67.4 Å². The number of carbonyl (C=O) groups excluding carboxylic acids is 1. The summed E-state index contributed by atoms with van der Waals surface area (Å²) in [4.78, 5) is 22.5. The summed E-state index contributed by atoms with van der Waals surface area (Å²) >= 11 is 0. The Balaban J connectivity index is 1.27. The molecule has 4 aromatic carbocycles. The molecule has 0 heterocycles. The molecule has 0 bridgehead atoms. The first-order chi connectivity index (χ1) is 22.4. The number of nitrogen functional groups attached to an aromatic ring is 2. The molecule has 4 aromatic rings. The number of hydrogen-bond donors (Lipinski definition) is 5. The number of hydrogen-bond acceptors (Lipinski definition) is 12.